The van der Waals surface area contributed by atoms with Crippen LogP contribution in [-0.4, -0.2) is 32.2 Å². The molecule has 32 heavy (non-hydrogen) atoms. The topological polar surface area (TPSA) is 97.1 Å². The maximum atomic E-state index is 13.4. The summed E-state index contributed by atoms with van der Waals surface area (Å²) in [5.74, 6) is 0.290. The molecule has 0 aliphatic heterocycles. The Morgan fingerprint density at radius 3 is 2.69 bits per heavy atom. The van der Waals surface area contributed by atoms with Crippen LogP contribution in [-0.2, 0) is 11.3 Å². The van der Waals surface area contributed by atoms with Gasteiger partial charge in [-0.05, 0) is 43.9 Å². The Balaban J connectivity index is 1.78. The smallest absolute Gasteiger partial charge is 0.259 e. The highest BCUT2D eigenvalue weighted by molar-refractivity contribution is 5.95. The van der Waals surface area contributed by atoms with Crippen LogP contribution in [0.1, 0.15) is 50.0 Å². The highest BCUT2D eigenvalue weighted by Gasteiger charge is 2.30. The van der Waals surface area contributed by atoms with Crippen molar-refractivity contribution in [2.75, 3.05) is 12.0 Å². The number of halogens is 1. The molecule has 1 aliphatic rings. The Kier molecular flexibility index (Phi) is 6.32. The predicted molar refractivity (Wildman–Crippen MR) is 121 cm³/mol. The zero-order valence-electron chi connectivity index (χ0n) is 18.3. The summed E-state index contributed by atoms with van der Waals surface area (Å²) in [5.41, 5.74) is 2.56. The van der Waals surface area contributed by atoms with Crippen LogP contribution >= 0.6 is 0 Å². The molecule has 1 fully saturated rings. The number of aryl methyl sites for hydroxylation is 2. The summed E-state index contributed by atoms with van der Waals surface area (Å²) < 4.78 is 14.7. The van der Waals surface area contributed by atoms with Crippen LogP contribution in [0.5, 0.6) is 0 Å². The summed E-state index contributed by atoms with van der Waals surface area (Å²) in [6, 6.07) is 5.12. The standard InChI is InChI=1S/C24H27FN4O3/c1-3-4-21(30)19-9-14(2)18(13-26-19)17-10-16-12-27-22(28-23(31)15-5-6-15)11-20(16)29(8-7-25)24(17)32/h9-13,15,21,30H,3-8H2,1-2H3,(H,27,28,31)/t21-/m1/s1. The first-order valence-corrected chi connectivity index (χ1v) is 11.0. The molecule has 1 aliphatic carbocycles. The molecule has 1 atom stereocenters. The number of nitrogens with one attached hydrogen (secondary N) is 1. The lowest BCUT2D eigenvalue weighted by molar-refractivity contribution is -0.117. The molecule has 2 N–H and O–H groups in total. The first kappa shape index (κ1) is 22.1. The van der Waals surface area contributed by atoms with E-state index < -0.39 is 12.8 Å². The second-order valence-corrected chi connectivity index (χ2v) is 8.32. The van der Waals surface area contributed by atoms with Crippen molar-refractivity contribution in [1.29, 1.82) is 0 Å². The van der Waals surface area contributed by atoms with Crippen LogP contribution < -0.4 is 10.9 Å². The molecule has 8 heteroatoms. The van der Waals surface area contributed by atoms with Crippen molar-refractivity contribution in [3.05, 3.63) is 52.2 Å². The molecule has 0 aromatic carbocycles. The largest absolute Gasteiger partial charge is 0.387 e. The van der Waals surface area contributed by atoms with E-state index in [-0.39, 0.29) is 23.9 Å². The molecule has 1 amide bonds. The number of aliphatic hydroxyl groups excluding tert-OH is 1. The Morgan fingerprint density at radius 2 is 2.03 bits per heavy atom. The van der Waals surface area contributed by atoms with Gasteiger partial charge in [0.1, 0.15) is 12.5 Å². The van der Waals surface area contributed by atoms with E-state index in [1.165, 1.54) is 4.57 Å². The van der Waals surface area contributed by atoms with Crippen molar-refractivity contribution in [2.45, 2.75) is 52.2 Å². The van der Waals surface area contributed by atoms with Gasteiger partial charge in [-0.25, -0.2) is 9.37 Å². The van der Waals surface area contributed by atoms with Crippen LogP contribution in [0.25, 0.3) is 22.0 Å². The van der Waals surface area contributed by atoms with Gasteiger partial charge in [-0.1, -0.05) is 13.3 Å². The summed E-state index contributed by atoms with van der Waals surface area (Å²) in [4.78, 5) is 34.1. The van der Waals surface area contributed by atoms with Crippen LogP contribution in [0.2, 0.25) is 0 Å². The minimum Gasteiger partial charge on any atom is -0.387 e. The van der Waals surface area contributed by atoms with E-state index in [0.29, 0.717) is 40.0 Å². The summed E-state index contributed by atoms with van der Waals surface area (Å²) in [6.45, 7) is 3.04. The Morgan fingerprint density at radius 1 is 1.25 bits per heavy atom. The monoisotopic (exact) mass is 438 g/mol. The average Bonchev–Trinajstić information content (AvgIpc) is 3.62. The molecule has 0 radical (unpaired) electrons. The number of rotatable bonds is 8. The summed E-state index contributed by atoms with van der Waals surface area (Å²) >= 11 is 0. The number of anilines is 1. The SMILES string of the molecule is CCC[C@@H](O)c1cc(C)c(-c2cc3cnc(NC(=O)C4CC4)cc3n(CCF)c2=O)cn1. The number of pyridine rings is 3. The number of aromatic nitrogens is 3. The third kappa shape index (κ3) is 4.41. The number of carbonyl (C=O) groups excluding carboxylic acids is 1. The number of carbonyl (C=O) groups is 1. The maximum Gasteiger partial charge on any atom is 0.259 e. The molecule has 0 bridgehead atoms. The first-order chi connectivity index (χ1) is 15.4. The zero-order valence-corrected chi connectivity index (χ0v) is 18.3. The van der Waals surface area contributed by atoms with Gasteiger partial charge in [0.05, 0.1) is 23.9 Å². The van der Waals surface area contributed by atoms with Gasteiger partial charge in [0.25, 0.3) is 5.56 Å². The zero-order chi connectivity index (χ0) is 22.8. The third-order valence-corrected chi connectivity index (χ3v) is 5.81. The van der Waals surface area contributed by atoms with Crippen molar-refractivity contribution >= 4 is 22.6 Å². The van der Waals surface area contributed by atoms with E-state index >= 15 is 0 Å². The summed E-state index contributed by atoms with van der Waals surface area (Å²) in [6.07, 6.45) is 5.70. The van der Waals surface area contributed by atoms with Gasteiger partial charge in [-0.3, -0.25) is 14.6 Å². The number of hydrogen-bond donors (Lipinski definition) is 2. The number of hydrogen-bond acceptors (Lipinski definition) is 5. The Hall–Kier alpha value is -3.13. The number of amides is 1. The van der Waals surface area contributed by atoms with Crippen LogP contribution in [0.15, 0.2) is 35.4 Å². The van der Waals surface area contributed by atoms with Crippen molar-refractivity contribution in [3.8, 4) is 11.1 Å². The number of fused-ring (bicyclic) bond motifs is 1. The van der Waals surface area contributed by atoms with Crippen molar-refractivity contribution in [1.82, 2.24) is 14.5 Å². The molecular formula is C24H27FN4O3. The molecule has 168 valence electrons. The van der Waals surface area contributed by atoms with E-state index in [1.54, 1.807) is 30.6 Å². The molecule has 1 saturated carbocycles. The Bertz CT molecular complexity index is 1220. The van der Waals surface area contributed by atoms with Gasteiger partial charge in [-0.15, -0.1) is 0 Å². The minimum atomic E-state index is -0.704. The Labute approximate surface area is 185 Å². The lowest BCUT2D eigenvalue weighted by atomic mass is 10.00. The van der Waals surface area contributed by atoms with Crippen molar-refractivity contribution < 1.29 is 14.3 Å². The van der Waals surface area contributed by atoms with Crippen molar-refractivity contribution in [2.24, 2.45) is 5.92 Å². The van der Waals surface area contributed by atoms with Gasteiger partial charge in [-0.2, -0.15) is 0 Å². The minimum absolute atomic E-state index is 0.0252. The quantitative estimate of drug-likeness (QED) is 0.556. The average molecular weight is 439 g/mol. The molecule has 3 aromatic heterocycles. The van der Waals surface area contributed by atoms with Gasteiger partial charge in [0.2, 0.25) is 5.91 Å². The van der Waals surface area contributed by atoms with E-state index in [0.717, 1.165) is 24.8 Å². The van der Waals surface area contributed by atoms with Gasteiger partial charge >= 0.3 is 0 Å². The second-order valence-electron chi connectivity index (χ2n) is 8.32. The molecule has 4 rings (SSSR count). The maximum absolute atomic E-state index is 13.4. The van der Waals surface area contributed by atoms with Gasteiger partial charge < -0.3 is 15.0 Å². The molecule has 3 aromatic rings. The van der Waals surface area contributed by atoms with Gasteiger partial charge in [0, 0.05) is 40.9 Å². The van der Waals surface area contributed by atoms with E-state index in [9.17, 15) is 19.1 Å². The first-order valence-electron chi connectivity index (χ1n) is 11.0. The van der Waals surface area contributed by atoms with E-state index in [1.807, 2.05) is 13.8 Å². The molecule has 0 unspecified atom stereocenters. The van der Waals surface area contributed by atoms with Crippen LogP contribution in [0, 0.1) is 12.8 Å². The molecule has 7 nitrogen and oxygen atoms in total. The number of alkyl halides is 1. The molecule has 0 spiro atoms. The molecule has 0 saturated heterocycles. The molecule has 3 heterocycles. The lowest BCUT2D eigenvalue weighted by Crippen LogP contribution is -2.24. The van der Waals surface area contributed by atoms with Crippen LogP contribution in [0.3, 0.4) is 0 Å². The van der Waals surface area contributed by atoms with E-state index in [4.69, 9.17) is 0 Å². The number of aliphatic hydroxyl groups is 1. The fraction of sp³-hybridized carbons (Fsp3) is 0.417. The fourth-order valence-electron chi connectivity index (χ4n) is 3.88. The van der Waals surface area contributed by atoms with Gasteiger partial charge in [0.15, 0.2) is 0 Å². The second kappa shape index (κ2) is 9.16. The van der Waals surface area contributed by atoms with Crippen molar-refractivity contribution in [3.63, 3.8) is 0 Å². The normalized spacial score (nSPS) is 14.5. The molecular weight excluding hydrogens is 411 g/mol. The van der Waals surface area contributed by atoms with Crippen LogP contribution in [0.4, 0.5) is 10.2 Å². The highest BCUT2D eigenvalue weighted by Crippen LogP contribution is 2.31. The fourth-order valence-corrected chi connectivity index (χ4v) is 3.88. The third-order valence-electron chi connectivity index (χ3n) is 5.81. The summed E-state index contributed by atoms with van der Waals surface area (Å²) in [5, 5.41) is 13.7. The van der Waals surface area contributed by atoms with E-state index in [2.05, 4.69) is 15.3 Å². The predicted octanol–water partition coefficient (Wildman–Crippen LogP) is 3.92. The lowest BCUT2D eigenvalue weighted by Gasteiger charge is -2.15. The highest BCUT2D eigenvalue weighted by atomic mass is 19.1. The summed E-state index contributed by atoms with van der Waals surface area (Å²) in [7, 11) is 0. The number of nitrogens with zero attached hydrogens (tertiary/aromatic N) is 3.